The normalized spacial score (nSPS) is 21.4. The highest BCUT2D eigenvalue weighted by molar-refractivity contribution is 5.26. The lowest BCUT2D eigenvalue weighted by atomic mass is 9.76. The summed E-state index contributed by atoms with van der Waals surface area (Å²) in [4.78, 5) is 4.35. The van der Waals surface area contributed by atoms with Gasteiger partial charge in [0.15, 0.2) is 0 Å². The van der Waals surface area contributed by atoms with Gasteiger partial charge in [-0.25, -0.2) is 0 Å². The van der Waals surface area contributed by atoms with Crippen LogP contribution in [0.1, 0.15) is 35.6 Å². The molecule has 1 N–H and O–H groups in total. The Morgan fingerprint density at radius 1 is 1.10 bits per heavy atom. The van der Waals surface area contributed by atoms with Gasteiger partial charge in [0.05, 0.1) is 0 Å². The molecule has 1 saturated carbocycles. The summed E-state index contributed by atoms with van der Waals surface area (Å²) in [6.45, 7) is 3.18. The van der Waals surface area contributed by atoms with Crippen LogP contribution in [0.25, 0.3) is 0 Å². The van der Waals surface area contributed by atoms with Crippen LogP contribution >= 0.6 is 0 Å². The van der Waals surface area contributed by atoms with Crippen LogP contribution in [0.2, 0.25) is 0 Å². The fourth-order valence-electron chi connectivity index (χ4n) is 2.85. The Kier molecular flexibility index (Phi) is 4.12. The molecule has 0 amide bonds. The van der Waals surface area contributed by atoms with Crippen LogP contribution in [0, 0.1) is 6.92 Å². The Labute approximate surface area is 121 Å². The largest absolute Gasteiger partial charge is 0.314 e. The van der Waals surface area contributed by atoms with Gasteiger partial charge in [0.25, 0.3) is 0 Å². The van der Waals surface area contributed by atoms with Gasteiger partial charge in [0.2, 0.25) is 0 Å². The second-order valence-electron chi connectivity index (χ2n) is 5.80. The van der Waals surface area contributed by atoms with E-state index < -0.39 is 0 Å². The van der Waals surface area contributed by atoms with Crippen LogP contribution in [-0.2, 0) is 6.42 Å². The van der Waals surface area contributed by atoms with E-state index in [4.69, 9.17) is 0 Å². The van der Waals surface area contributed by atoms with Gasteiger partial charge in [-0.15, -0.1) is 0 Å². The first-order valence-electron chi connectivity index (χ1n) is 7.51. The molecule has 2 aromatic rings. The highest BCUT2D eigenvalue weighted by Gasteiger charge is 2.29. The molecule has 0 saturated heterocycles. The molecule has 0 atom stereocenters. The van der Waals surface area contributed by atoms with Gasteiger partial charge in [-0.05, 0) is 43.4 Å². The van der Waals surface area contributed by atoms with Gasteiger partial charge in [0, 0.05) is 30.9 Å². The third kappa shape index (κ3) is 3.26. The topological polar surface area (TPSA) is 24.9 Å². The maximum Gasteiger partial charge on any atom is 0.0416 e. The second-order valence-corrected chi connectivity index (χ2v) is 5.80. The van der Waals surface area contributed by atoms with E-state index in [0.717, 1.165) is 18.9 Å². The number of aromatic nitrogens is 1. The van der Waals surface area contributed by atoms with Gasteiger partial charge in [-0.3, -0.25) is 4.98 Å². The van der Waals surface area contributed by atoms with Crippen LogP contribution < -0.4 is 5.32 Å². The van der Waals surface area contributed by atoms with Crippen molar-refractivity contribution in [1.29, 1.82) is 0 Å². The van der Waals surface area contributed by atoms with E-state index in [9.17, 15) is 0 Å². The highest BCUT2D eigenvalue weighted by atomic mass is 14.9. The summed E-state index contributed by atoms with van der Waals surface area (Å²) in [6.07, 6.45) is 5.43. The van der Waals surface area contributed by atoms with Gasteiger partial charge in [-0.1, -0.05) is 35.9 Å². The first-order valence-corrected chi connectivity index (χ1v) is 7.51. The second kappa shape index (κ2) is 6.19. The number of pyridine rings is 1. The number of rotatable bonds is 5. The molecule has 0 unspecified atom stereocenters. The SMILES string of the molecule is Cc1ccc(C2CC(NCCc3ccccn3)C2)cc1. The van der Waals surface area contributed by atoms with E-state index >= 15 is 0 Å². The zero-order chi connectivity index (χ0) is 13.8. The van der Waals surface area contributed by atoms with Crippen molar-refractivity contribution >= 4 is 0 Å². The molecule has 1 aromatic heterocycles. The molecule has 3 rings (SSSR count). The lowest BCUT2D eigenvalue weighted by Gasteiger charge is -2.36. The van der Waals surface area contributed by atoms with Crippen LogP contribution in [0.4, 0.5) is 0 Å². The molecule has 0 bridgehead atoms. The zero-order valence-corrected chi connectivity index (χ0v) is 12.0. The standard InChI is InChI=1S/C18H22N2/c1-14-5-7-15(8-6-14)16-12-18(13-16)20-11-9-17-4-2-3-10-19-17/h2-8,10,16,18,20H,9,11-13H2,1H3. The maximum absolute atomic E-state index is 4.35. The molecule has 0 spiro atoms. The van der Waals surface area contributed by atoms with Crippen LogP contribution in [-0.4, -0.2) is 17.6 Å². The average molecular weight is 266 g/mol. The molecule has 20 heavy (non-hydrogen) atoms. The third-order valence-electron chi connectivity index (χ3n) is 4.23. The molecular formula is C18H22N2. The molecule has 1 aliphatic carbocycles. The minimum Gasteiger partial charge on any atom is -0.314 e. The zero-order valence-electron chi connectivity index (χ0n) is 12.0. The van der Waals surface area contributed by atoms with Crippen molar-refractivity contribution in [3.8, 4) is 0 Å². The van der Waals surface area contributed by atoms with Crippen LogP contribution in [0.15, 0.2) is 48.7 Å². The number of benzene rings is 1. The van der Waals surface area contributed by atoms with Crippen molar-refractivity contribution in [2.24, 2.45) is 0 Å². The summed E-state index contributed by atoms with van der Waals surface area (Å²) in [5, 5.41) is 3.64. The molecule has 0 radical (unpaired) electrons. The maximum atomic E-state index is 4.35. The lowest BCUT2D eigenvalue weighted by Crippen LogP contribution is -2.41. The summed E-state index contributed by atoms with van der Waals surface area (Å²) in [5.74, 6) is 0.753. The number of nitrogens with one attached hydrogen (secondary N) is 1. The van der Waals surface area contributed by atoms with Crippen LogP contribution in [0.3, 0.4) is 0 Å². The van der Waals surface area contributed by atoms with E-state index in [0.29, 0.717) is 6.04 Å². The van der Waals surface area contributed by atoms with Gasteiger partial charge in [-0.2, -0.15) is 0 Å². The van der Waals surface area contributed by atoms with Crippen molar-refractivity contribution in [1.82, 2.24) is 10.3 Å². The lowest BCUT2D eigenvalue weighted by molar-refractivity contribution is 0.292. The smallest absolute Gasteiger partial charge is 0.0416 e. The average Bonchev–Trinajstić information content (AvgIpc) is 2.44. The van der Waals surface area contributed by atoms with Gasteiger partial charge in [0.1, 0.15) is 0 Å². The predicted molar refractivity (Wildman–Crippen MR) is 82.9 cm³/mol. The summed E-state index contributed by atoms with van der Waals surface area (Å²) in [7, 11) is 0. The Balaban J connectivity index is 1.39. The fraction of sp³-hybridized carbons (Fsp3) is 0.389. The molecule has 1 fully saturated rings. The Hall–Kier alpha value is -1.67. The molecule has 0 aliphatic heterocycles. The molecule has 2 nitrogen and oxygen atoms in total. The fourth-order valence-corrected chi connectivity index (χ4v) is 2.85. The van der Waals surface area contributed by atoms with Crippen molar-refractivity contribution < 1.29 is 0 Å². The monoisotopic (exact) mass is 266 g/mol. The Morgan fingerprint density at radius 3 is 2.60 bits per heavy atom. The van der Waals surface area contributed by atoms with Crippen molar-refractivity contribution in [3.05, 3.63) is 65.5 Å². The molecular weight excluding hydrogens is 244 g/mol. The number of hydrogen-bond donors (Lipinski definition) is 1. The molecule has 2 heteroatoms. The summed E-state index contributed by atoms with van der Waals surface area (Å²) in [5.41, 5.74) is 4.02. The number of nitrogens with zero attached hydrogens (tertiary/aromatic N) is 1. The summed E-state index contributed by atoms with van der Waals surface area (Å²) < 4.78 is 0. The Morgan fingerprint density at radius 2 is 1.90 bits per heavy atom. The number of hydrogen-bond acceptors (Lipinski definition) is 2. The minimum absolute atomic E-state index is 0.685. The number of aryl methyl sites for hydroxylation is 1. The first kappa shape index (κ1) is 13.3. The van der Waals surface area contributed by atoms with Gasteiger partial charge >= 0.3 is 0 Å². The molecule has 1 heterocycles. The minimum atomic E-state index is 0.685. The van der Waals surface area contributed by atoms with Gasteiger partial charge < -0.3 is 5.32 Å². The first-order chi connectivity index (χ1) is 9.81. The highest BCUT2D eigenvalue weighted by Crippen LogP contribution is 2.36. The van der Waals surface area contributed by atoms with Crippen molar-refractivity contribution in [2.45, 2.75) is 38.1 Å². The predicted octanol–water partition coefficient (Wildman–Crippen LogP) is 3.47. The van der Waals surface area contributed by atoms with E-state index in [1.165, 1.54) is 29.7 Å². The van der Waals surface area contributed by atoms with E-state index in [1.807, 2.05) is 12.3 Å². The van der Waals surface area contributed by atoms with E-state index in [2.05, 4.69) is 53.6 Å². The Bertz CT molecular complexity index is 527. The van der Waals surface area contributed by atoms with Crippen molar-refractivity contribution in [3.63, 3.8) is 0 Å². The summed E-state index contributed by atoms with van der Waals surface area (Å²) >= 11 is 0. The quantitative estimate of drug-likeness (QED) is 0.896. The molecule has 104 valence electrons. The summed E-state index contributed by atoms with van der Waals surface area (Å²) in [6, 6.07) is 15.8. The van der Waals surface area contributed by atoms with Crippen LogP contribution in [0.5, 0.6) is 0 Å². The molecule has 1 aromatic carbocycles. The van der Waals surface area contributed by atoms with Crippen molar-refractivity contribution in [2.75, 3.05) is 6.54 Å². The van der Waals surface area contributed by atoms with E-state index in [-0.39, 0.29) is 0 Å². The third-order valence-corrected chi connectivity index (χ3v) is 4.23. The van der Waals surface area contributed by atoms with E-state index in [1.54, 1.807) is 0 Å². The molecule has 1 aliphatic rings.